The van der Waals surface area contributed by atoms with E-state index < -0.39 is 6.36 Å². The Labute approximate surface area is 116 Å². The van der Waals surface area contributed by atoms with E-state index in [2.05, 4.69) is 14.7 Å². The van der Waals surface area contributed by atoms with Gasteiger partial charge in [-0.15, -0.1) is 13.2 Å². The van der Waals surface area contributed by atoms with Gasteiger partial charge in [-0.3, -0.25) is 0 Å². The second-order valence-electron chi connectivity index (χ2n) is 3.41. The molecule has 1 heterocycles. The zero-order valence-electron chi connectivity index (χ0n) is 9.08. The maximum absolute atomic E-state index is 12.0. The third-order valence-corrected chi connectivity index (χ3v) is 2.40. The quantitative estimate of drug-likeness (QED) is 0.774. The lowest BCUT2D eigenvalue weighted by Crippen LogP contribution is -2.16. The molecule has 0 radical (unpaired) electrons. The summed E-state index contributed by atoms with van der Waals surface area (Å²) in [6, 6.07) is 6.42. The zero-order chi connectivity index (χ0) is 14.0. The Hall–Kier alpha value is -1.53. The van der Waals surface area contributed by atoms with Crippen LogP contribution in [0.2, 0.25) is 10.3 Å². The fraction of sp³-hybridized carbons (Fsp3) is 0.0909. The van der Waals surface area contributed by atoms with Gasteiger partial charge in [-0.25, -0.2) is 9.97 Å². The number of nitrogens with zero attached hydrogens (tertiary/aromatic N) is 2. The third kappa shape index (κ3) is 3.97. The first-order valence-electron chi connectivity index (χ1n) is 4.90. The van der Waals surface area contributed by atoms with Gasteiger partial charge >= 0.3 is 6.36 Å². The van der Waals surface area contributed by atoms with E-state index in [1.54, 1.807) is 0 Å². The molecule has 2 rings (SSSR count). The molecule has 0 bridgehead atoms. The van der Waals surface area contributed by atoms with Crippen molar-refractivity contribution >= 4 is 23.2 Å². The van der Waals surface area contributed by atoms with E-state index in [-0.39, 0.29) is 21.9 Å². The lowest BCUT2D eigenvalue weighted by molar-refractivity contribution is -0.274. The molecule has 0 aliphatic rings. The first kappa shape index (κ1) is 13.9. The van der Waals surface area contributed by atoms with E-state index in [1.807, 2.05) is 0 Å². The zero-order valence-corrected chi connectivity index (χ0v) is 10.6. The largest absolute Gasteiger partial charge is 0.573 e. The van der Waals surface area contributed by atoms with Crippen molar-refractivity contribution in [1.82, 2.24) is 9.97 Å². The minimum Gasteiger partial charge on any atom is -0.406 e. The predicted octanol–water partition coefficient (Wildman–Crippen LogP) is 4.35. The van der Waals surface area contributed by atoms with Gasteiger partial charge in [0.15, 0.2) is 5.82 Å². The van der Waals surface area contributed by atoms with Crippen LogP contribution in [-0.4, -0.2) is 16.3 Å². The van der Waals surface area contributed by atoms with Gasteiger partial charge < -0.3 is 4.74 Å². The Balaban J connectivity index is 2.27. The fourth-order valence-electron chi connectivity index (χ4n) is 1.32. The van der Waals surface area contributed by atoms with Crippen LogP contribution in [0.3, 0.4) is 0 Å². The van der Waals surface area contributed by atoms with Gasteiger partial charge in [-0.1, -0.05) is 23.2 Å². The molecule has 0 spiro atoms. The number of ether oxygens (including phenoxy) is 1. The fourth-order valence-corrected chi connectivity index (χ4v) is 1.75. The Morgan fingerprint density at radius 3 is 1.95 bits per heavy atom. The van der Waals surface area contributed by atoms with Crippen molar-refractivity contribution in [3.05, 3.63) is 40.6 Å². The molecule has 0 atom stereocenters. The monoisotopic (exact) mass is 308 g/mol. The minimum absolute atomic E-state index is 0.144. The molecule has 0 aliphatic heterocycles. The van der Waals surface area contributed by atoms with E-state index in [0.717, 1.165) is 12.1 Å². The molecule has 0 saturated heterocycles. The molecular weight excluding hydrogens is 304 g/mol. The standard InChI is InChI=1S/C11H5Cl2F3N2O/c12-8-5-9(13)18-10(17-8)6-1-3-7(4-2-6)19-11(14,15)16/h1-5H. The Morgan fingerprint density at radius 2 is 1.47 bits per heavy atom. The van der Waals surface area contributed by atoms with Gasteiger partial charge in [0.25, 0.3) is 0 Å². The van der Waals surface area contributed by atoms with Crippen molar-refractivity contribution < 1.29 is 17.9 Å². The van der Waals surface area contributed by atoms with Crippen molar-refractivity contribution in [3.63, 3.8) is 0 Å². The summed E-state index contributed by atoms with van der Waals surface area (Å²) in [4.78, 5) is 7.83. The van der Waals surface area contributed by atoms with Gasteiger partial charge in [-0.2, -0.15) is 0 Å². The van der Waals surface area contributed by atoms with Crippen molar-refractivity contribution in [2.75, 3.05) is 0 Å². The minimum atomic E-state index is -4.72. The van der Waals surface area contributed by atoms with E-state index in [9.17, 15) is 13.2 Å². The molecule has 19 heavy (non-hydrogen) atoms. The van der Waals surface area contributed by atoms with Crippen LogP contribution < -0.4 is 4.74 Å². The SMILES string of the molecule is FC(F)(F)Oc1ccc(-c2nc(Cl)cc(Cl)n2)cc1. The number of rotatable bonds is 2. The summed E-state index contributed by atoms with van der Waals surface area (Å²) in [7, 11) is 0. The van der Waals surface area contributed by atoms with Crippen LogP contribution in [0, 0.1) is 0 Å². The van der Waals surface area contributed by atoms with Gasteiger partial charge in [0, 0.05) is 11.6 Å². The highest BCUT2D eigenvalue weighted by Gasteiger charge is 2.30. The van der Waals surface area contributed by atoms with Crippen LogP contribution in [-0.2, 0) is 0 Å². The van der Waals surface area contributed by atoms with Crippen LogP contribution in [0.4, 0.5) is 13.2 Å². The average molecular weight is 309 g/mol. The Bertz CT molecular complexity index is 567. The van der Waals surface area contributed by atoms with Crippen LogP contribution in [0.25, 0.3) is 11.4 Å². The number of hydrogen-bond donors (Lipinski definition) is 0. The van der Waals surface area contributed by atoms with Crippen LogP contribution in [0.15, 0.2) is 30.3 Å². The molecule has 0 unspecified atom stereocenters. The van der Waals surface area contributed by atoms with Crippen LogP contribution >= 0.6 is 23.2 Å². The molecule has 0 fully saturated rings. The summed E-state index contributed by atoms with van der Waals surface area (Å²) >= 11 is 11.4. The van der Waals surface area contributed by atoms with Crippen LogP contribution in [0.1, 0.15) is 0 Å². The lowest BCUT2D eigenvalue weighted by Gasteiger charge is -2.09. The molecule has 0 amide bonds. The molecule has 1 aromatic carbocycles. The Kier molecular flexibility index (Phi) is 3.82. The molecule has 0 N–H and O–H groups in total. The first-order chi connectivity index (χ1) is 8.83. The second kappa shape index (κ2) is 5.22. The molecule has 0 saturated carbocycles. The third-order valence-electron chi connectivity index (χ3n) is 2.01. The summed E-state index contributed by atoms with van der Waals surface area (Å²) in [5.74, 6) is -0.111. The summed E-state index contributed by atoms with van der Waals surface area (Å²) in [6.45, 7) is 0. The van der Waals surface area contributed by atoms with Crippen molar-refractivity contribution in [2.24, 2.45) is 0 Å². The number of benzene rings is 1. The Morgan fingerprint density at radius 1 is 0.947 bits per heavy atom. The van der Waals surface area contributed by atoms with Gasteiger partial charge in [0.1, 0.15) is 16.1 Å². The smallest absolute Gasteiger partial charge is 0.406 e. The molecule has 3 nitrogen and oxygen atoms in total. The highest BCUT2D eigenvalue weighted by atomic mass is 35.5. The molecule has 2 aromatic rings. The lowest BCUT2D eigenvalue weighted by atomic mass is 10.2. The van der Waals surface area contributed by atoms with E-state index in [4.69, 9.17) is 23.2 Å². The highest BCUT2D eigenvalue weighted by Crippen LogP contribution is 2.26. The number of aromatic nitrogens is 2. The summed E-state index contributed by atoms with van der Waals surface area (Å²) in [5, 5.41) is 0.288. The van der Waals surface area contributed by atoms with Crippen molar-refractivity contribution in [2.45, 2.75) is 6.36 Å². The topological polar surface area (TPSA) is 35.0 Å². The molecular formula is C11H5Cl2F3N2O. The second-order valence-corrected chi connectivity index (χ2v) is 4.18. The molecule has 0 aliphatic carbocycles. The molecule has 100 valence electrons. The number of alkyl halides is 3. The first-order valence-corrected chi connectivity index (χ1v) is 5.65. The van der Waals surface area contributed by atoms with Crippen molar-refractivity contribution in [3.8, 4) is 17.1 Å². The molecule has 1 aromatic heterocycles. The number of hydrogen-bond acceptors (Lipinski definition) is 3. The normalized spacial score (nSPS) is 11.4. The highest BCUT2D eigenvalue weighted by molar-refractivity contribution is 6.33. The van der Waals surface area contributed by atoms with Crippen LogP contribution in [0.5, 0.6) is 5.75 Å². The summed E-state index contributed by atoms with van der Waals surface area (Å²) < 4.78 is 39.7. The van der Waals surface area contributed by atoms with Gasteiger partial charge in [-0.05, 0) is 24.3 Å². The number of halogens is 5. The molecule has 8 heteroatoms. The predicted molar refractivity (Wildman–Crippen MR) is 64.2 cm³/mol. The van der Waals surface area contributed by atoms with Gasteiger partial charge in [0.2, 0.25) is 0 Å². The van der Waals surface area contributed by atoms with E-state index in [1.165, 1.54) is 18.2 Å². The average Bonchev–Trinajstić information content (AvgIpc) is 2.26. The van der Waals surface area contributed by atoms with E-state index in [0.29, 0.717) is 5.56 Å². The van der Waals surface area contributed by atoms with E-state index >= 15 is 0 Å². The maximum Gasteiger partial charge on any atom is 0.573 e. The van der Waals surface area contributed by atoms with Gasteiger partial charge in [0.05, 0.1) is 0 Å². The summed E-state index contributed by atoms with van der Waals surface area (Å²) in [5.41, 5.74) is 0.471. The summed E-state index contributed by atoms with van der Waals surface area (Å²) in [6.07, 6.45) is -4.72. The van der Waals surface area contributed by atoms with Crippen molar-refractivity contribution in [1.29, 1.82) is 0 Å². The maximum atomic E-state index is 12.0.